The molecule has 32 heavy (non-hydrogen) atoms. The molecule has 4 heteroatoms. The second kappa shape index (κ2) is 7.77. The first kappa shape index (κ1) is 21.5. The van der Waals surface area contributed by atoms with Gasteiger partial charge in [0.15, 0.2) is 0 Å². The van der Waals surface area contributed by atoms with Crippen molar-refractivity contribution in [1.82, 2.24) is 10.2 Å². The quantitative estimate of drug-likeness (QED) is 0.632. The standard InChI is InChI=1S/C28H40N2OS/c1-27-16-15-22-20(21(27)12-13-24(27)29-18-9-10-18)11-14-25-28(22,2)17-23(26(31)30(25)3)32-19-7-5-4-6-8-19/h4-8,18,20-25,29H,9-17H2,1-3H3/t20-,21-,22-,23?,24-,25+,27-,28+/m0/s1. The molecule has 1 amide bonds. The lowest BCUT2D eigenvalue weighted by Gasteiger charge is -2.62. The van der Waals surface area contributed by atoms with Crippen LogP contribution in [0.15, 0.2) is 35.2 Å². The molecule has 5 aliphatic rings. The Kier molecular flexibility index (Phi) is 5.22. The van der Waals surface area contributed by atoms with Gasteiger partial charge in [-0.15, -0.1) is 11.8 Å². The molecule has 174 valence electrons. The monoisotopic (exact) mass is 452 g/mol. The van der Waals surface area contributed by atoms with Crippen LogP contribution >= 0.6 is 11.8 Å². The highest BCUT2D eigenvalue weighted by atomic mass is 32.2. The van der Waals surface area contributed by atoms with Crippen molar-refractivity contribution in [2.24, 2.45) is 28.6 Å². The SMILES string of the molecule is CN1C(=O)C(Sc2ccccc2)C[C@]2(C)[C@H]3CC[C@]4(C)[C@@H](NC5CC5)CC[C@H]4[C@@H]3CC[C@@H]12. The summed E-state index contributed by atoms with van der Waals surface area (Å²) in [5, 5.41) is 4.10. The van der Waals surface area contributed by atoms with Crippen LogP contribution in [0.1, 0.15) is 71.6 Å². The Hall–Kier alpha value is -1.00. The summed E-state index contributed by atoms with van der Waals surface area (Å²) in [7, 11) is 2.10. The van der Waals surface area contributed by atoms with Crippen LogP contribution in [-0.4, -0.2) is 41.2 Å². The zero-order valence-electron chi connectivity index (χ0n) is 20.1. The number of carbonyl (C=O) groups excluding carboxylic acids is 1. The van der Waals surface area contributed by atoms with E-state index in [2.05, 4.69) is 61.4 Å². The summed E-state index contributed by atoms with van der Waals surface area (Å²) in [6.45, 7) is 5.19. The van der Waals surface area contributed by atoms with Crippen molar-refractivity contribution < 1.29 is 4.79 Å². The maximum atomic E-state index is 13.4. The zero-order valence-corrected chi connectivity index (χ0v) is 20.9. The molecular formula is C28H40N2OS. The Morgan fingerprint density at radius 2 is 1.69 bits per heavy atom. The molecule has 1 saturated heterocycles. The largest absolute Gasteiger partial charge is 0.341 e. The Morgan fingerprint density at radius 3 is 2.44 bits per heavy atom. The molecule has 8 atom stereocenters. The van der Waals surface area contributed by atoms with Crippen LogP contribution in [0.5, 0.6) is 0 Å². The van der Waals surface area contributed by atoms with Gasteiger partial charge in [-0.05, 0) is 98.5 Å². The minimum Gasteiger partial charge on any atom is -0.341 e. The van der Waals surface area contributed by atoms with Gasteiger partial charge in [0, 0.05) is 30.1 Å². The number of amides is 1. The summed E-state index contributed by atoms with van der Waals surface area (Å²) >= 11 is 1.80. The van der Waals surface area contributed by atoms with Gasteiger partial charge in [-0.2, -0.15) is 0 Å². The van der Waals surface area contributed by atoms with E-state index in [1.807, 2.05) is 0 Å². The molecule has 4 saturated carbocycles. The number of rotatable bonds is 4. The molecule has 1 aliphatic heterocycles. The van der Waals surface area contributed by atoms with Gasteiger partial charge in [0.1, 0.15) is 0 Å². The first-order valence-corrected chi connectivity index (χ1v) is 14.0. The van der Waals surface area contributed by atoms with Crippen molar-refractivity contribution in [3.63, 3.8) is 0 Å². The molecule has 1 N–H and O–H groups in total. The van der Waals surface area contributed by atoms with E-state index in [0.29, 0.717) is 17.4 Å². The van der Waals surface area contributed by atoms with E-state index in [0.717, 1.165) is 36.3 Å². The summed E-state index contributed by atoms with van der Waals surface area (Å²) in [5.41, 5.74) is 0.739. The van der Waals surface area contributed by atoms with E-state index in [-0.39, 0.29) is 10.7 Å². The minimum absolute atomic E-state index is 0.0589. The number of nitrogens with zero attached hydrogens (tertiary/aromatic N) is 1. The molecule has 1 aromatic carbocycles. The summed E-state index contributed by atoms with van der Waals surface area (Å²) < 4.78 is 0. The van der Waals surface area contributed by atoms with Crippen LogP contribution in [0.4, 0.5) is 0 Å². The predicted octanol–water partition coefficient (Wildman–Crippen LogP) is 5.74. The van der Waals surface area contributed by atoms with E-state index in [9.17, 15) is 4.79 Å². The van der Waals surface area contributed by atoms with Gasteiger partial charge in [-0.25, -0.2) is 0 Å². The van der Waals surface area contributed by atoms with Gasteiger partial charge in [0.25, 0.3) is 0 Å². The molecule has 0 radical (unpaired) electrons. The molecule has 6 rings (SSSR count). The summed E-state index contributed by atoms with van der Waals surface area (Å²) in [5.74, 6) is 2.85. The average molecular weight is 453 g/mol. The highest BCUT2D eigenvalue weighted by Crippen LogP contribution is 2.65. The van der Waals surface area contributed by atoms with Gasteiger partial charge in [-0.1, -0.05) is 32.0 Å². The van der Waals surface area contributed by atoms with Crippen molar-refractivity contribution in [3.8, 4) is 0 Å². The lowest BCUT2D eigenvalue weighted by atomic mass is 9.47. The predicted molar refractivity (Wildman–Crippen MR) is 132 cm³/mol. The first-order valence-electron chi connectivity index (χ1n) is 13.1. The van der Waals surface area contributed by atoms with Crippen molar-refractivity contribution >= 4 is 17.7 Å². The molecule has 0 spiro atoms. The summed E-state index contributed by atoms with van der Waals surface area (Å²) in [6.07, 6.45) is 11.9. The van der Waals surface area contributed by atoms with Crippen LogP contribution in [0.3, 0.4) is 0 Å². The van der Waals surface area contributed by atoms with E-state index in [4.69, 9.17) is 0 Å². The van der Waals surface area contributed by atoms with Crippen LogP contribution in [0.25, 0.3) is 0 Å². The van der Waals surface area contributed by atoms with Crippen molar-refractivity contribution in [2.45, 2.75) is 99.9 Å². The Balaban J connectivity index is 1.26. The second-order valence-corrected chi connectivity index (χ2v) is 13.4. The summed E-state index contributed by atoms with van der Waals surface area (Å²) in [6, 6.07) is 12.5. The van der Waals surface area contributed by atoms with Gasteiger partial charge < -0.3 is 10.2 Å². The van der Waals surface area contributed by atoms with Crippen molar-refractivity contribution in [2.75, 3.05) is 7.05 Å². The number of carbonyl (C=O) groups is 1. The fourth-order valence-corrected chi connectivity index (χ4v) is 10.1. The Labute approximate surface area is 198 Å². The van der Waals surface area contributed by atoms with Crippen LogP contribution in [0, 0.1) is 28.6 Å². The van der Waals surface area contributed by atoms with Crippen LogP contribution in [-0.2, 0) is 4.79 Å². The normalized spacial score (nSPS) is 45.8. The molecule has 1 unspecified atom stereocenters. The zero-order chi connectivity index (χ0) is 22.1. The third-order valence-corrected chi connectivity index (χ3v) is 11.8. The number of piperidine rings is 1. The van der Waals surface area contributed by atoms with Gasteiger partial charge in [-0.3, -0.25) is 4.79 Å². The third-order valence-electron chi connectivity index (χ3n) is 10.6. The number of likely N-dealkylation sites (tertiary alicyclic amines) is 1. The van der Waals surface area contributed by atoms with E-state index in [1.54, 1.807) is 11.8 Å². The maximum absolute atomic E-state index is 13.4. The Bertz CT molecular complexity index is 871. The first-order chi connectivity index (χ1) is 15.4. The van der Waals surface area contributed by atoms with Crippen LogP contribution < -0.4 is 5.32 Å². The number of thioether (sulfide) groups is 1. The lowest BCUT2D eigenvalue weighted by molar-refractivity contribution is -0.156. The molecule has 0 bridgehead atoms. The smallest absolute Gasteiger partial charge is 0.236 e. The molecular weight excluding hydrogens is 412 g/mol. The molecule has 4 aliphatic carbocycles. The number of hydrogen-bond acceptors (Lipinski definition) is 3. The summed E-state index contributed by atoms with van der Waals surface area (Å²) in [4.78, 5) is 16.8. The highest BCUT2D eigenvalue weighted by Gasteiger charge is 2.62. The van der Waals surface area contributed by atoms with Crippen LogP contribution in [0.2, 0.25) is 0 Å². The molecule has 3 nitrogen and oxygen atoms in total. The van der Waals surface area contributed by atoms with E-state index >= 15 is 0 Å². The fraction of sp³-hybridized carbons (Fsp3) is 0.750. The number of hydrogen-bond donors (Lipinski definition) is 1. The van der Waals surface area contributed by atoms with Crippen molar-refractivity contribution in [1.29, 1.82) is 0 Å². The van der Waals surface area contributed by atoms with E-state index < -0.39 is 0 Å². The number of nitrogens with one attached hydrogen (secondary N) is 1. The minimum atomic E-state index is 0.0589. The average Bonchev–Trinajstić information content (AvgIpc) is 3.54. The number of benzene rings is 1. The maximum Gasteiger partial charge on any atom is 0.236 e. The third kappa shape index (κ3) is 3.30. The molecule has 1 aromatic rings. The van der Waals surface area contributed by atoms with Gasteiger partial charge in [0.05, 0.1) is 5.25 Å². The molecule has 0 aromatic heterocycles. The second-order valence-electron chi connectivity index (χ2n) is 12.2. The molecule has 1 heterocycles. The highest BCUT2D eigenvalue weighted by molar-refractivity contribution is 8.00. The Morgan fingerprint density at radius 1 is 0.938 bits per heavy atom. The fourth-order valence-electron chi connectivity index (χ4n) is 8.79. The van der Waals surface area contributed by atoms with E-state index in [1.165, 1.54) is 56.3 Å². The van der Waals surface area contributed by atoms with Gasteiger partial charge in [0.2, 0.25) is 5.91 Å². The van der Waals surface area contributed by atoms with Crippen molar-refractivity contribution in [3.05, 3.63) is 30.3 Å². The lowest BCUT2D eigenvalue weighted by Crippen LogP contribution is -2.64. The molecule has 5 fully saturated rings. The van der Waals surface area contributed by atoms with Gasteiger partial charge >= 0.3 is 0 Å². The topological polar surface area (TPSA) is 32.3 Å². The number of fused-ring (bicyclic) bond motifs is 5.